The van der Waals surface area contributed by atoms with Crippen molar-refractivity contribution in [2.24, 2.45) is 0 Å². The molecule has 2 amide bonds. The molecule has 0 radical (unpaired) electrons. The smallest absolute Gasteiger partial charge is 0.282 e. The molecule has 0 saturated carbocycles. The molecule has 2 aromatic carbocycles. The summed E-state index contributed by atoms with van der Waals surface area (Å²) in [6.45, 7) is 3.96. The summed E-state index contributed by atoms with van der Waals surface area (Å²) in [6.07, 6.45) is 2.29. The van der Waals surface area contributed by atoms with E-state index >= 15 is 0 Å². The predicted molar refractivity (Wildman–Crippen MR) is 110 cm³/mol. The third kappa shape index (κ3) is 4.17. The molecule has 140 valence electrons. The first-order valence-corrected chi connectivity index (χ1v) is 9.65. The van der Waals surface area contributed by atoms with Gasteiger partial charge in [0.2, 0.25) is 0 Å². The lowest BCUT2D eigenvalue weighted by Gasteiger charge is -2.17. The lowest BCUT2D eigenvalue weighted by Crippen LogP contribution is -2.35. The second kappa shape index (κ2) is 8.15. The van der Waals surface area contributed by atoms with Crippen LogP contribution in [0.4, 0.5) is 5.69 Å². The molecule has 1 aliphatic rings. The number of nitrogens with one attached hydrogen (secondary N) is 1. The number of ether oxygens (including phenoxy) is 1. The Labute approximate surface area is 171 Å². The van der Waals surface area contributed by atoms with Crippen LogP contribution < -0.4 is 15.2 Å². The Morgan fingerprint density at radius 1 is 1.26 bits per heavy atom. The molecule has 1 aliphatic heterocycles. The Morgan fingerprint density at radius 3 is 2.63 bits per heavy atom. The molecule has 7 heteroatoms. The number of hydrogen-bond acceptors (Lipinski definition) is 3. The summed E-state index contributed by atoms with van der Waals surface area (Å²) in [5.74, 6) is -0.369. The quantitative estimate of drug-likeness (QED) is 0.530. The van der Waals surface area contributed by atoms with Gasteiger partial charge in [0, 0.05) is 10.6 Å². The van der Waals surface area contributed by atoms with E-state index in [0.29, 0.717) is 26.5 Å². The van der Waals surface area contributed by atoms with Crippen molar-refractivity contribution < 1.29 is 14.3 Å². The summed E-state index contributed by atoms with van der Waals surface area (Å²) in [7, 11) is 0. The highest BCUT2D eigenvalue weighted by Crippen LogP contribution is 2.36. The number of nitrogens with zero attached hydrogens (tertiary/aromatic N) is 1. The molecule has 1 atom stereocenters. The van der Waals surface area contributed by atoms with E-state index in [-0.39, 0.29) is 11.7 Å². The maximum absolute atomic E-state index is 12.8. The van der Waals surface area contributed by atoms with Gasteiger partial charge in [-0.15, -0.1) is 0 Å². The van der Waals surface area contributed by atoms with E-state index in [1.54, 1.807) is 36.4 Å². The zero-order chi connectivity index (χ0) is 19.6. The van der Waals surface area contributed by atoms with E-state index in [2.05, 4.69) is 21.4 Å². The Balaban J connectivity index is 2.01. The second-order valence-corrected chi connectivity index (χ2v) is 7.41. The van der Waals surface area contributed by atoms with Gasteiger partial charge in [-0.2, -0.15) is 0 Å². The van der Waals surface area contributed by atoms with Crippen LogP contribution in [0, 0.1) is 0 Å². The first kappa shape index (κ1) is 19.5. The van der Waals surface area contributed by atoms with Gasteiger partial charge < -0.3 is 4.74 Å². The van der Waals surface area contributed by atoms with Crippen LogP contribution in [0.3, 0.4) is 0 Å². The van der Waals surface area contributed by atoms with Gasteiger partial charge in [0.15, 0.2) is 0 Å². The lowest BCUT2D eigenvalue weighted by atomic mass is 10.1. The van der Waals surface area contributed by atoms with Crippen LogP contribution in [0.5, 0.6) is 5.75 Å². The zero-order valence-corrected chi connectivity index (χ0v) is 17.2. The number of halogens is 2. The van der Waals surface area contributed by atoms with Crippen LogP contribution >= 0.6 is 27.5 Å². The van der Waals surface area contributed by atoms with Crippen molar-refractivity contribution in [2.45, 2.75) is 26.4 Å². The summed E-state index contributed by atoms with van der Waals surface area (Å²) >= 11 is 9.61. The van der Waals surface area contributed by atoms with Crippen molar-refractivity contribution in [1.82, 2.24) is 5.43 Å². The minimum absolute atomic E-state index is 0.0158. The zero-order valence-electron chi connectivity index (χ0n) is 14.8. The number of anilines is 1. The molecule has 3 rings (SSSR count). The summed E-state index contributed by atoms with van der Waals surface area (Å²) in [5, 5.41) is 1.69. The summed E-state index contributed by atoms with van der Waals surface area (Å²) < 4.78 is 6.63. The van der Waals surface area contributed by atoms with Crippen molar-refractivity contribution in [2.75, 3.05) is 5.01 Å². The highest BCUT2D eigenvalue weighted by Gasteiger charge is 2.34. The number of rotatable bonds is 5. The Hall–Kier alpha value is -2.31. The van der Waals surface area contributed by atoms with Crippen molar-refractivity contribution in [3.05, 3.63) is 63.1 Å². The molecule has 5 nitrogen and oxygen atoms in total. The maximum atomic E-state index is 12.8. The average molecular weight is 450 g/mol. The number of para-hydroxylation sites is 1. The van der Waals surface area contributed by atoms with Gasteiger partial charge in [-0.1, -0.05) is 36.7 Å². The van der Waals surface area contributed by atoms with Crippen LogP contribution in [0.2, 0.25) is 5.02 Å². The molecule has 1 heterocycles. The van der Waals surface area contributed by atoms with Crippen molar-refractivity contribution >= 4 is 51.1 Å². The lowest BCUT2D eigenvalue weighted by molar-refractivity contribution is -0.117. The molecular weight excluding hydrogens is 432 g/mol. The molecule has 0 aromatic heterocycles. The van der Waals surface area contributed by atoms with E-state index in [0.717, 1.165) is 6.42 Å². The third-order valence-corrected chi connectivity index (χ3v) is 4.94. The fourth-order valence-corrected chi connectivity index (χ4v) is 3.50. The number of carbonyl (C=O) groups is 2. The monoisotopic (exact) mass is 448 g/mol. The van der Waals surface area contributed by atoms with Crippen LogP contribution in [0.15, 0.2) is 52.5 Å². The van der Waals surface area contributed by atoms with E-state index in [9.17, 15) is 9.59 Å². The minimum Gasteiger partial charge on any atom is -0.489 e. The Morgan fingerprint density at radius 2 is 1.96 bits per heavy atom. The maximum Gasteiger partial charge on any atom is 0.282 e. The second-order valence-electron chi connectivity index (χ2n) is 6.12. The van der Waals surface area contributed by atoms with E-state index in [1.807, 2.05) is 19.9 Å². The van der Waals surface area contributed by atoms with Crippen LogP contribution in [-0.2, 0) is 9.59 Å². The molecule has 0 unspecified atom stereocenters. The van der Waals surface area contributed by atoms with Gasteiger partial charge in [0.1, 0.15) is 11.3 Å². The first-order chi connectivity index (χ1) is 12.9. The van der Waals surface area contributed by atoms with Crippen molar-refractivity contribution in [1.29, 1.82) is 0 Å². The average Bonchev–Trinajstić information content (AvgIpc) is 2.93. The van der Waals surface area contributed by atoms with Gasteiger partial charge in [-0.25, -0.2) is 5.01 Å². The van der Waals surface area contributed by atoms with Crippen molar-refractivity contribution in [3.63, 3.8) is 0 Å². The molecule has 27 heavy (non-hydrogen) atoms. The molecule has 1 fully saturated rings. The van der Waals surface area contributed by atoms with Gasteiger partial charge >= 0.3 is 0 Å². The standard InChI is InChI=1S/C20H18BrClN2O3/c1-3-12(2)27-18-13(9-14(22)11-17(18)21)10-16-19(25)23-24(20(16)26)15-7-5-4-6-8-15/h4-12H,3H2,1-2H3,(H,23,25)/b16-10-/t12-/m0/s1. The normalized spacial score (nSPS) is 16.6. The van der Waals surface area contributed by atoms with Gasteiger partial charge in [-0.3, -0.25) is 15.0 Å². The van der Waals surface area contributed by atoms with Crippen LogP contribution in [0.25, 0.3) is 6.08 Å². The molecule has 0 spiro atoms. The molecular formula is C20H18BrClN2O3. The molecule has 1 N–H and O–H groups in total. The topological polar surface area (TPSA) is 58.6 Å². The van der Waals surface area contributed by atoms with Crippen LogP contribution in [0.1, 0.15) is 25.8 Å². The van der Waals surface area contributed by atoms with Gasteiger partial charge in [0.05, 0.1) is 16.3 Å². The van der Waals surface area contributed by atoms with E-state index < -0.39 is 11.8 Å². The fraction of sp³-hybridized carbons (Fsp3) is 0.200. The molecule has 1 saturated heterocycles. The minimum atomic E-state index is -0.477. The summed E-state index contributed by atoms with van der Waals surface area (Å²) in [4.78, 5) is 25.2. The largest absolute Gasteiger partial charge is 0.489 e. The highest BCUT2D eigenvalue weighted by atomic mass is 79.9. The van der Waals surface area contributed by atoms with Gasteiger partial charge in [-0.05, 0) is 59.6 Å². The van der Waals surface area contributed by atoms with E-state index in [4.69, 9.17) is 16.3 Å². The number of hydrogen-bond donors (Lipinski definition) is 1. The van der Waals surface area contributed by atoms with E-state index in [1.165, 1.54) is 11.1 Å². The molecule has 0 bridgehead atoms. The SMILES string of the molecule is CC[C@H](C)Oc1c(Br)cc(Cl)cc1/C=C1/C(=O)NN(c2ccccc2)C1=O. The number of hydrazine groups is 1. The third-order valence-electron chi connectivity index (χ3n) is 4.14. The Kier molecular flexibility index (Phi) is 5.87. The number of amides is 2. The van der Waals surface area contributed by atoms with Crippen molar-refractivity contribution in [3.8, 4) is 5.75 Å². The first-order valence-electron chi connectivity index (χ1n) is 8.48. The molecule has 2 aromatic rings. The highest BCUT2D eigenvalue weighted by molar-refractivity contribution is 9.10. The molecule has 0 aliphatic carbocycles. The fourth-order valence-electron chi connectivity index (χ4n) is 2.57. The summed E-state index contributed by atoms with van der Waals surface area (Å²) in [6, 6.07) is 12.3. The number of carbonyl (C=O) groups excluding carboxylic acids is 2. The van der Waals surface area contributed by atoms with Crippen LogP contribution in [-0.4, -0.2) is 17.9 Å². The predicted octanol–water partition coefficient (Wildman–Crippen LogP) is 4.74. The van der Waals surface area contributed by atoms with Gasteiger partial charge in [0.25, 0.3) is 11.8 Å². The summed E-state index contributed by atoms with van der Waals surface area (Å²) in [5.41, 5.74) is 3.74. The number of benzene rings is 2. The Bertz CT molecular complexity index is 915.